The Morgan fingerprint density at radius 2 is 2.16 bits per heavy atom. The van der Waals surface area contributed by atoms with Crippen LogP contribution in [-0.4, -0.2) is 36.6 Å². The summed E-state index contributed by atoms with van der Waals surface area (Å²) in [5.74, 6) is 5.68. The third-order valence-electron chi connectivity index (χ3n) is 2.15. The minimum atomic E-state index is 0.328. The molecule has 0 fully saturated rings. The van der Waals surface area contributed by atoms with Gasteiger partial charge in [0.2, 0.25) is 5.95 Å². The summed E-state index contributed by atoms with van der Waals surface area (Å²) >= 11 is 4.49. The summed E-state index contributed by atoms with van der Waals surface area (Å²) in [6, 6.07) is 0. The van der Waals surface area contributed by atoms with Crippen LogP contribution in [0.4, 0.5) is 5.95 Å². The molecule has 0 bridgehead atoms. The lowest BCUT2D eigenvalue weighted by atomic mass is 10.4. The molecule has 0 radical (unpaired) electrons. The van der Waals surface area contributed by atoms with Crippen LogP contribution >= 0.6 is 34.9 Å². The van der Waals surface area contributed by atoms with Gasteiger partial charge in [0.25, 0.3) is 0 Å². The van der Waals surface area contributed by atoms with E-state index in [1.807, 2.05) is 6.26 Å². The van der Waals surface area contributed by atoms with E-state index in [4.69, 9.17) is 5.84 Å². The number of fused-ring (bicyclic) bond motifs is 1. The van der Waals surface area contributed by atoms with Gasteiger partial charge in [-0.2, -0.15) is 10.1 Å². The molecule has 98 valence electrons. The number of aromatic nitrogens is 6. The van der Waals surface area contributed by atoms with Crippen molar-refractivity contribution in [2.24, 2.45) is 5.84 Å². The lowest BCUT2D eigenvalue weighted by molar-refractivity contribution is 0.953. The second-order valence-corrected chi connectivity index (χ2v) is 6.54. The minimum absolute atomic E-state index is 0.328. The molecule has 19 heavy (non-hydrogen) atoms. The van der Waals surface area contributed by atoms with E-state index in [0.29, 0.717) is 11.6 Å². The standard InChI is InChI=1S/C8H8N8S3/c1-17-7-15-16-8(19-7)18-5-3-2-10-14-4(3)11-6(12-5)13-9/h2H,9H2,1H3,(H2,10,11,12,13,14). The van der Waals surface area contributed by atoms with E-state index in [0.717, 1.165) is 19.1 Å². The Labute approximate surface area is 120 Å². The van der Waals surface area contributed by atoms with Gasteiger partial charge >= 0.3 is 0 Å². The van der Waals surface area contributed by atoms with Crippen molar-refractivity contribution in [2.45, 2.75) is 13.7 Å². The molecule has 8 nitrogen and oxygen atoms in total. The van der Waals surface area contributed by atoms with Crippen LogP contribution in [0.25, 0.3) is 11.0 Å². The van der Waals surface area contributed by atoms with Crippen LogP contribution in [-0.2, 0) is 0 Å². The van der Waals surface area contributed by atoms with E-state index in [9.17, 15) is 0 Å². The summed E-state index contributed by atoms with van der Waals surface area (Å²) in [5, 5.41) is 16.4. The van der Waals surface area contributed by atoms with Gasteiger partial charge in [0.15, 0.2) is 14.3 Å². The molecule has 0 aliphatic carbocycles. The number of anilines is 1. The number of nitrogens with one attached hydrogen (secondary N) is 2. The predicted molar refractivity (Wildman–Crippen MR) is 75.3 cm³/mol. The zero-order valence-electron chi connectivity index (χ0n) is 9.62. The maximum absolute atomic E-state index is 5.35. The van der Waals surface area contributed by atoms with Gasteiger partial charge in [-0.15, -0.1) is 10.2 Å². The van der Waals surface area contributed by atoms with Gasteiger partial charge in [-0.1, -0.05) is 23.1 Å². The van der Waals surface area contributed by atoms with Gasteiger partial charge in [-0.25, -0.2) is 10.8 Å². The van der Waals surface area contributed by atoms with Crippen LogP contribution in [0.15, 0.2) is 19.9 Å². The first kappa shape index (κ1) is 12.6. The summed E-state index contributed by atoms with van der Waals surface area (Å²) in [5.41, 5.74) is 3.06. The Hall–Kier alpha value is -1.43. The lowest BCUT2D eigenvalue weighted by Gasteiger charge is -2.02. The topological polar surface area (TPSA) is 118 Å². The monoisotopic (exact) mass is 312 g/mol. The van der Waals surface area contributed by atoms with E-state index in [1.165, 1.54) is 23.1 Å². The molecule has 4 N–H and O–H groups in total. The summed E-state index contributed by atoms with van der Waals surface area (Å²) in [6.45, 7) is 0. The van der Waals surface area contributed by atoms with E-state index < -0.39 is 0 Å². The SMILES string of the molecule is CSc1nnc(Sc2nc(NN)nc3[nH]ncc23)s1. The van der Waals surface area contributed by atoms with Crippen molar-refractivity contribution in [2.75, 3.05) is 11.7 Å². The molecule has 3 aromatic rings. The molecule has 3 aromatic heterocycles. The van der Waals surface area contributed by atoms with Gasteiger partial charge in [0.05, 0.1) is 11.6 Å². The first-order chi connectivity index (χ1) is 9.30. The van der Waals surface area contributed by atoms with Crippen molar-refractivity contribution in [3.05, 3.63) is 6.20 Å². The molecule has 0 aromatic carbocycles. The van der Waals surface area contributed by atoms with Crippen molar-refractivity contribution in [1.82, 2.24) is 30.4 Å². The van der Waals surface area contributed by atoms with E-state index in [-0.39, 0.29) is 0 Å². The highest BCUT2D eigenvalue weighted by Gasteiger charge is 2.13. The predicted octanol–water partition coefficient (Wildman–Crippen LogP) is 1.36. The molecule has 0 unspecified atom stereocenters. The van der Waals surface area contributed by atoms with Gasteiger partial charge in [0, 0.05) is 0 Å². The van der Waals surface area contributed by atoms with Gasteiger partial charge in [0.1, 0.15) is 5.03 Å². The molecule has 0 aliphatic heterocycles. The fourth-order valence-electron chi connectivity index (χ4n) is 1.35. The molecule has 0 aliphatic rings. The van der Waals surface area contributed by atoms with Gasteiger partial charge in [-0.05, 0) is 18.0 Å². The quantitative estimate of drug-likeness (QED) is 0.284. The number of rotatable bonds is 4. The Kier molecular flexibility index (Phi) is 3.50. The van der Waals surface area contributed by atoms with E-state index in [2.05, 4.69) is 35.8 Å². The van der Waals surface area contributed by atoms with Crippen LogP contribution in [0.1, 0.15) is 0 Å². The van der Waals surface area contributed by atoms with Crippen LogP contribution in [0.5, 0.6) is 0 Å². The van der Waals surface area contributed by atoms with Crippen LogP contribution in [0.2, 0.25) is 0 Å². The summed E-state index contributed by atoms with van der Waals surface area (Å²) in [7, 11) is 0. The molecule has 0 spiro atoms. The smallest absolute Gasteiger partial charge is 0.240 e. The molecule has 0 amide bonds. The average Bonchev–Trinajstić information content (AvgIpc) is 3.06. The van der Waals surface area contributed by atoms with Crippen molar-refractivity contribution < 1.29 is 0 Å². The second kappa shape index (κ2) is 5.28. The number of nitrogens with two attached hydrogens (primary N) is 1. The normalized spacial score (nSPS) is 11.1. The van der Waals surface area contributed by atoms with Crippen LogP contribution in [0, 0.1) is 0 Å². The summed E-state index contributed by atoms with van der Waals surface area (Å²) in [4.78, 5) is 8.47. The molecule has 0 saturated carbocycles. The van der Waals surface area contributed by atoms with Crippen LogP contribution in [0.3, 0.4) is 0 Å². The van der Waals surface area contributed by atoms with Crippen molar-refractivity contribution in [3.8, 4) is 0 Å². The number of nitrogens with zero attached hydrogens (tertiary/aromatic N) is 5. The summed E-state index contributed by atoms with van der Waals surface area (Å²) < 4.78 is 1.73. The maximum atomic E-state index is 5.35. The van der Waals surface area contributed by atoms with Crippen LogP contribution < -0.4 is 11.3 Å². The Balaban J connectivity index is 2.01. The largest absolute Gasteiger partial charge is 0.292 e. The van der Waals surface area contributed by atoms with Crippen molar-refractivity contribution >= 4 is 51.8 Å². The Morgan fingerprint density at radius 3 is 2.89 bits per heavy atom. The third kappa shape index (κ3) is 2.49. The fourth-order valence-corrected chi connectivity index (χ4v) is 3.80. The molecular formula is C8H8N8S3. The fraction of sp³-hybridized carbons (Fsp3) is 0.125. The lowest BCUT2D eigenvalue weighted by Crippen LogP contribution is -2.10. The number of aromatic amines is 1. The molecule has 3 heterocycles. The minimum Gasteiger partial charge on any atom is -0.292 e. The van der Waals surface area contributed by atoms with E-state index >= 15 is 0 Å². The highest BCUT2D eigenvalue weighted by Crippen LogP contribution is 2.35. The number of hydrogen-bond acceptors (Lipinski definition) is 10. The zero-order valence-corrected chi connectivity index (χ0v) is 12.1. The Morgan fingerprint density at radius 1 is 1.32 bits per heavy atom. The zero-order chi connectivity index (χ0) is 13.2. The first-order valence-electron chi connectivity index (χ1n) is 5.03. The second-order valence-electron chi connectivity index (χ2n) is 3.27. The molecular weight excluding hydrogens is 304 g/mol. The third-order valence-corrected chi connectivity index (χ3v) is 5.10. The van der Waals surface area contributed by atoms with E-state index in [1.54, 1.807) is 18.0 Å². The molecule has 11 heteroatoms. The molecule has 3 rings (SSSR count). The van der Waals surface area contributed by atoms with Crippen molar-refractivity contribution in [1.29, 1.82) is 0 Å². The Bertz CT molecular complexity index is 707. The molecule has 0 atom stereocenters. The van der Waals surface area contributed by atoms with Crippen molar-refractivity contribution in [3.63, 3.8) is 0 Å². The van der Waals surface area contributed by atoms with Gasteiger partial charge in [-0.3, -0.25) is 10.5 Å². The highest BCUT2D eigenvalue weighted by atomic mass is 32.2. The number of thioether (sulfide) groups is 1. The number of hydrogen-bond donors (Lipinski definition) is 3. The number of hydrazine groups is 1. The number of nitrogen functional groups attached to an aromatic ring is 1. The number of H-pyrrole nitrogens is 1. The maximum Gasteiger partial charge on any atom is 0.240 e. The first-order valence-corrected chi connectivity index (χ1v) is 7.89. The highest BCUT2D eigenvalue weighted by molar-refractivity contribution is 8.03. The van der Waals surface area contributed by atoms with Gasteiger partial charge < -0.3 is 0 Å². The molecule has 0 saturated heterocycles. The average molecular weight is 312 g/mol. The summed E-state index contributed by atoms with van der Waals surface area (Å²) in [6.07, 6.45) is 3.64.